The number of hydrogen-bond donors (Lipinski definition) is 0. The van der Waals surface area contributed by atoms with E-state index in [0.29, 0.717) is 0 Å². The molecular formula is C45H102B2ClF8N3. The molecule has 0 atom stereocenters. The molecule has 0 fully saturated rings. The second kappa shape index (κ2) is 47.2. The standard InChI is InChI=1S/3C15H34N.2BF4.ClH/c3*1-5-6-7-8-9-10-11-12-13-14-15-16(2,3)4;2*2-1(3,4)5;/h3*5-15H2,1-4H3;;;1H/q3*+1;2*-1;/p-1. The van der Waals surface area contributed by atoms with Crippen LogP contribution in [0, 0.1) is 0 Å². The van der Waals surface area contributed by atoms with Gasteiger partial charge in [0.15, 0.2) is 0 Å². The molecular weight excluding hydrogens is 792 g/mol. The van der Waals surface area contributed by atoms with Crippen LogP contribution in [0.4, 0.5) is 34.5 Å². The van der Waals surface area contributed by atoms with Crippen molar-refractivity contribution in [3.63, 3.8) is 0 Å². The van der Waals surface area contributed by atoms with Crippen LogP contribution in [0.1, 0.15) is 213 Å². The maximum absolute atomic E-state index is 9.75. The van der Waals surface area contributed by atoms with Crippen LogP contribution in [0.25, 0.3) is 0 Å². The smallest absolute Gasteiger partial charge is 0.673 e. The molecule has 366 valence electrons. The van der Waals surface area contributed by atoms with Gasteiger partial charge >= 0.3 is 14.5 Å². The van der Waals surface area contributed by atoms with E-state index < -0.39 is 14.5 Å². The maximum atomic E-state index is 9.75. The number of unbranched alkanes of at least 4 members (excludes halogenated alkanes) is 27. The summed E-state index contributed by atoms with van der Waals surface area (Å²) in [6.07, 6.45) is 43.2. The molecule has 0 bridgehead atoms. The first kappa shape index (κ1) is 70.4. The first-order valence-corrected chi connectivity index (χ1v) is 23.8. The van der Waals surface area contributed by atoms with Crippen molar-refractivity contribution in [1.82, 2.24) is 0 Å². The van der Waals surface area contributed by atoms with Gasteiger partial charge in [-0.3, -0.25) is 0 Å². The average molecular weight is 894 g/mol. The van der Waals surface area contributed by atoms with Gasteiger partial charge < -0.3 is 60.4 Å². The number of rotatable bonds is 33. The summed E-state index contributed by atoms with van der Waals surface area (Å²) < 4.78 is 81.4. The van der Waals surface area contributed by atoms with Gasteiger partial charge in [0, 0.05) is 0 Å². The lowest BCUT2D eigenvalue weighted by atomic mass is 10.1. The Morgan fingerprint density at radius 1 is 0.237 bits per heavy atom. The zero-order valence-electron chi connectivity index (χ0n) is 41.2. The van der Waals surface area contributed by atoms with Crippen molar-refractivity contribution in [1.29, 1.82) is 0 Å². The summed E-state index contributed by atoms with van der Waals surface area (Å²) in [6, 6.07) is 0. The van der Waals surface area contributed by atoms with Gasteiger partial charge in [-0.05, 0) is 38.5 Å². The monoisotopic (exact) mass is 894 g/mol. The van der Waals surface area contributed by atoms with Crippen molar-refractivity contribution in [3.05, 3.63) is 0 Å². The van der Waals surface area contributed by atoms with E-state index in [1.54, 1.807) is 0 Å². The predicted molar refractivity (Wildman–Crippen MR) is 245 cm³/mol. The Balaban J connectivity index is -0.000000158. The normalized spacial score (nSPS) is 11.8. The van der Waals surface area contributed by atoms with E-state index in [1.807, 2.05) is 0 Å². The third kappa shape index (κ3) is 120. The molecule has 59 heavy (non-hydrogen) atoms. The van der Waals surface area contributed by atoms with Gasteiger partial charge in [-0.25, -0.2) is 0 Å². The molecule has 3 nitrogen and oxygen atoms in total. The highest BCUT2D eigenvalue weighted by molar-refractivity contribution is 6.50. The molecule has 0 heterocycles. The Morgan fingerprint density at radius 3 is 0.441 bits per heavy atom. The van der Waals surface area contributed by atoms with E-state index >= 15 is 0 Å². The van der Waals surface area contributed by atoms with E-state index in [2.05, 4.69) is 84.2 Å². The molecule has 0 aromatic rings. The van der Waals surface area contributed by atoms with Gasteiger partial charge in [-0.15, -0.1) is 0 Å². The fourth-order valence-electron chi connectivity index (χ4n) is 6.22. The molecule has 0 aliphatic carbocycles. The lowest BCUT2D eigenvalue weighted by Gasteiger charge is -2.23. The number of hydrogen-bond acceptors (Lipinski definition) is 0. The van der Waals surface area contributed by atoms with Crippen molar-refractivity contribution in [3.8, 4) is 0 Å². The zero-order valence-corrected chi connectivity index (χ0v) is 42.0. The summed E-state index contributed by atoms with van der Waals surface area (Å²) in [7, 11) is 8.57. The highest BCUT2D eigenvalue weighted by atomic mass is 35.5. The van der Waals surface area contributed by atoms with Gasteiger partial charge in [0.1, 0.15) is 0 Å². The summed E-state index contributed by atoms with van der Waals surface area (Å²) in [6.45, 7) is 10.8. The molecule has 0 saturated carbocycles. The molecule has 0 unspecified atom stereocenters. The van der Waals surface area contributed by atoms with E-state index in [0.717, 1.165) is 13.4 Å². The second-order valence-corrected chi connectivity index (χ2v) is 19.6. The van der Waals surface area contributed by atoms with Crippen LogP contribution < -0.4 is 12.4 Å². The van der Waals surface area contributed by atoms with E-state index in [4.69, 9.17) is 0 Å². The molecule has 0 radical (unpaired) electrons. The molecule has 0 aliphatic heterocycles. The molecule has 0 aromatic heterocycles. The van der Waals surface area contributed by atoms with Crippen LogP contribution in [-0.4, -0.2) is 111 Å². The molecule has 0 amide bonds. The Kier molecular flexibility index (Phi) is 56.4. The summed E-state index contributed by atoms with van der Waals surface area (Å²) in [5, 5.41) is 0. The van der Waals surface area contributed by atoms with Crippen LogP contribution >= 0.6 is 0 Å². The lowest BCUT2D eigenvalue weighted by Crippen LogP contribution is -3.00. The minimum Gasteiger partial charge on any atom is -1.00 e. The fraction of sp³-hybridized carbons (Fsp3) is 1.00. The van der Waals surface area contributed by atoms with Gasteiger partial charge in [0.25, 0.3) is 0 Å². The van der Waals surface area contributed by atoms with Crippen molar-refractivity contribution in [2.45, 2.75) is 213 Å². The van der Waals surface area contributed by atoms with Gasteiger partial charge in [0.2, 0.25) is 0 Å². The first-order chi connectivity index (χ1) is 26.7. The average Bonchev–Trinajstić information content (AvgIpc) is 3.05. The highest BCUT2D eigenvalue weighted by Crippen LogP contribution is 2.14. The summed E-state index contributed by atoms with van der Waals surface area (Å²) >= 11 is 0. The third-order valence-electron chi connectivity index (χ3n) is 9.55. The largest absolute Gasteiger partial charge is 1.00 e. The minimum atomic E-state index is -6.00. The Hall–Kier alpha value is -0.260. The first-order valence-electron chi connectivity index (χ1n) is 23.8. The van der Waals surface area contributed by atoms with Crippen LogP contribution in [0.5, 0.6) is 0 Å². The highest BCUT2D eigenvalue weighted by Gasteiger charge is 2.21. The van der Waals surface area contributed by atoms with Crippen molar-refractivity contribution >= 4 is 14.5 Å². The van der Waals surface area contributed by atoms with Crippen LogP contribution in [0.2, 0.25) is 0 Å². The molecule has 0 saturated heterocycles. The molecule has 0 rings (SSSR count). The third-order valence-corrected chi connectivity index (χ3v) is 9.55. The molecule has 0 spiro atoms. The molecule has 0 aliphatic rings. The number of quaternary nitrogens is 3. The summed E-state index contributed by atoms with van der Waals surface area (Å²) in [5.74, 6) is 0. The SMILES string of the molecule is CCCCCCCCCCCC[N+](C)(C)C.CCCCCCCCCCCC[N+](C)(C)C.CCCCCCCCCCCC[N+](C)(C)C.F[B-](F)(F)F.F[B-](F)(F)F.[Cl-]. The lowest BCUT2D eigenvalue weighted by molar-refractivity contribution is -0.870. The van der Waals surface area contributed by atoms with E-state index in [-0.39, 0.29) is 12.4 Å². The Bertz CT molecular complexity index is 670. The Labute approximate surface area is 370 Å². The molecule has 0 N–H and O–H groups in total. The summed E-state index contributed by atoms with van der Waals surface area (Å²) in [4.78, 5) is 0. The van der Waals surface area contributed by atoms with Crippen LogP contribution in [0.3, 0.4) is 0 Å². The van der Waals surface area contributed by atoms with Crippen molar-refractivity contribution in [2.75, 3.05) is 83.1 Å². The van der Waals surface area contributed by atoms with Crippen molar-refractivity contribution in [2.24, 2.45) is 0 Å². The van der Waals surface area contributed by atoms with E-state index in [1.165, 1.54) is 212 Å². The second-order valence-electron chi connectivity index (χ2n) is 19.6. The van der Waals surface area contributed by atoms with Gasteiger partial charge in [0.05, 0.1) is 83.1 Å². The van der Waals surface area contributed by atoms with Crippen LogP contribution in [0.15, 0.2) is 0 Å². The zero-order chi connectivity index (χ0) is 45.8. The summed E-state index contributed by atoms with van der Waals surface area (Å²) in [5.41, 5.74) is 0. The quantitative estimate of drug-likeness (QED) is 0.0267. The van der Waals surface area contributed by atoms with E-state index in [9.17, 15) is 34.5 Å². The topological polar surface area (TPSA) is 0 Å². The van der Waals surface area contributed by atoms with Crippen LogP contribution in [-0.2, 0) is 0 Å². The number of nitrogens with zero attached hydrogens (tertiary/aromatic N) is 3. The number of halogens is 9. The van der Waals surface area contributed by atoms with Gasteiger partial charge in [-0.1, -0.05) is 175 Å². The predicted octanol–water partition coefficient (Wildman–Crippen LogP) is 13.4. The maximum Gasteiger partial charge on any atom is 0.673 e. The Morgan fingerprint density at radius 2 is 0.339 bits per heavy atom. The van der Waals surface area contributed by atoms with Crippen molar-refractivity contribution < 1.29 is 60.4 Å². The molecule has 0 aromatic carbocycles. The van der Waals surface area contributed by atoms with Gasteiger partial charge in [-0.2, -0.15) is 0 Å². The fourth-order valence-corrected chi connectivity index (χ4v) is 6.22. The molecule has 14 heteroatoms. The minimum absolute atomic E-state index is 0.